The van der Waals surface area contributed by atoms with Crippen LogP contribution in [0.1, 0.15) is 27.4 Å². The molecule has 0 saturated heterocycles. The SMILES string of the molecule is COC(=O)c1ccc(-c2noc(CN(C)Cc3cnn(-c4ccccc4C)c3)n2)cc1. The number of aromatic nitrogens is 4. The molecule has 0 aliphatic heterocycles. The van der Waals surface area contributed by atoms with Crippen LogP contribution in [0, 0.1) is 6.92 Å². The highest BCUT2D eigenvalue weighted by Gasteiger charge is 2.13. The van der Waals surface area contributed by atoms with E-state index in [2.05, 4.69) is 33.1 Å². The van der Waals surface area contributed by atoms with Crippen molar-refractivity contribution in [2.24, 2.45) is 0 Å². The van der Waals surface area contributed by atoms with Crippen LogP contribution in [-0.2, 0) is 17.8 Å². The number of carbonyl (C=O) groups is 1. The highest BCUT2D eigenvalue weighted by atomic mass is 16.5. The van der Waals surface area contributed by atoms with Gasteiger partial charge in [0.15, 0.2) is 0 Å². The molecule has 2 aromatic carbocycles. The fourth-order valence-electron chi connectivity index (χ4n) is 3.30. The standard InChI is InChI=1S/C23H23N5O3/c1-16-6-4-5-7-20(16)28-14-17(12-24-28)13-27(2)15-21-25-22(26-31-21)18-8-10-19(11-9-18)23(29)30-3/h4-12,14H,13,15H2,1-3H3. The average Bonchev–Trinajstić information content (AvgIpc) is 3.43. The zero-order chi connectivity index (χ0) is 21.8. The molecule has 0 unspecified atom stereocenters. The van der Waals surface area contributed by atoms with Crippen molar-refractivity contribution in [1.82, 2.24) is 24.8 Å². The van der Waals surface area contributed by atoms with Crippen LogP contribution in [0.2, 0.25) is 0 Å². The van der Waals surface area contributed by atoms with E-state index in [1.807, 2.05) is 42.3 Å². The molecule has 0 atom stereocenters. The Kier molecular flexibility index (Phi) is 5.90. The molecule has 158 valence electrons. The van der Waals surface area contributed by atoms with E-state index < -0.39 is 0 Å². The average molecular weight is 417 g/mol. The van der Waals surface area contributed by atoms with Crippen molar-refractivity contribution in [2.75, 3.05) is 14.2 Å². The van der Waals surface area contributed by atoms with Crippen molar-refractivity contribution in [1.29, 1.82) is 0 Å². The Morgan fingerprint density at radius 1 is 1.13 bits per heavy atom. The van der Waals surface area contributed by atoms with Gasteiger partial charge in [0, 0.05) is 23.9 Å². The van der Waals surface area contributed by atoms with Crippen LogP contribution in [0.3, 0.4) is 0 Å². The van der Waals surface area contributed by atoms with Gasteiger partial charge in [0.25, 0.3) is 0 Å². The summed E-state index contributed by atoms with van der Waals surface area (Å²) in [5.41, 5.74) is 4.56. The van der Waals surface area contributed by atoms with Gasteiger partial charge < -0.3 is 9.26 Å². The van der Waals surface area contributed by atoms with Crippen molar-refractivity contribution in [3.8, 4) is 17.1 Å². The summed E-state index contributed by atoms with van der Waals surface area (Å²) in [6.07, 6.45) is 3.89. The van der Waals surface area contributed by atoms with E-state index in [0.29, 0.717) is 30.4 Å². The molecule has 4 aromatic rings. The monoisotopic (exact) mass is 417 g/mol. The fourth-order valence-corrected chi connectivity index (χ4v) is 3.30. The molecule has 0 saturated carbocycles. The highest BCUT2D eigenvalue weighted by Crippen LogP contribution is 2.18. The first-order chi connectivity index (χ1) is 15.0. The van der Waals surface area contributed by atoms with Gasteiger partial charge in [-0.15, -0.1) is 0 Å². The molecule has 0 amide bonds. The van der Waals surface area contributed by atoms with Crippen molar-refractivity contribution in [3.05, 3.63) is 83.5 Å². The number of carbonyl (C=O) groups excluding carboxylic acids is 1. The van der Waals surface area contributed by atoms with E-state index in [1.165, 1.54) is 12.7 Å². The topological polar surface area (TPSA) is 86.3 Å². The third kappa shape index (κ3) is 4.70. The lowest BCUT2D eigenvalue weighted by Crippen LogP contribution is -2.17. The molecule has 0 aliphatic rings. The van der Waals surface area contributed by atoms with Gasteiger partial charge in [0.2, 0.25) is 11.7 Å². The van der Waals surface area contributed by atoms with Gasteiger partial charge in [-0.1, -0.05) is 35.5 Å². The molecular weight excluding hydrogens is 394 g/mol. The molecule has 0 aliphatic carbocycles. The third-order valence-electron chi connectivity index (χ3n) is 4.89. The molecular formula is C23H23N5O3. The van der Waals surface area contributed by atoms with Crippen LogP contribution in [0.5, 0.6) is 0 Å². The number of hydrogen-bond acceptors (Lipinski definition) is 7. The minimum Gasteiger partial charge on any atom is -0.465 e. The summed E-state index contributed by atoms with van der Waals surface area (Å²) in [4.78, 5) is 18.1. The van der Waals surface area contributed by atoms with E-state index in [-0.39, 0.29) is 5.97 Å². The Hall–Kier alpha value is -3.78. The number of rotatable bonds is 7. The predicted octanol–water partition coefficient (Wildman–Crippen LogP) is 3.65. The Morgan fingerprint density at radius 3 is 2.65 bits per heavy atom. The van der Waals surface area contributed by atoms with Gasteiger partial charge in [-0.25, -0.2) is 9.48 Å². The lowest BCUT2D eigenvalue weighted by Gasteiger charge is -2.12. The van der Waals surface area contributed by atoms with E-state index in [9.17, 15) is 4.79 Å². The number of esters is 1. The Labute approximate surface area is 180 Å². The minimum absolute atomic E-state index is 0.382. The number of para-hydroxylation sites is 1. The zero-order valence-electron chi connectivity index (χ0n) is 17.6. The molecule has 31 heavy (non-hydrogen) atoms. The lowest BCUT2D eigenvalue weighted by atomic mass is 10.1. The molecule has 0 spiro atoms. The number of methoxy groups -OCH3 is 1. The predicted molar refractivity (Wildman–Crippen MR) is 115 cm³/mol. The second kappa shape index (κ2) is 8.93. The van der Waals surface area contributed by atoms with E-state index >= 15 is 0 Å². The lowest BCUT2D eigenvalue weighted by molar-refractivity contribution is 0.0600. The number of benzene rings is 2. The van der Waals surface area contributed by atoms with Crippen LogP contribution in [-0.4, -0.2) is 44.9 Å². The number of hydrogen-bond donors (Lipinski definition) is 0. The van der Waals surface area contributed by atoms with Crippen molar-refractivity contribution < 1.29 is 14.1 Å². The molecule has 2 aromatic heterocycles. The van der Waals surface area contributed by atoms with Gasteiger partial charge in [-0.2, -0.15) is 10.1 Å². The van der Waals surface area contributed by atoms with Gasteiger partial charge in [0.05, 0.1) is 31.1 Å². The molecule has 8 nitrogen and oxygen atoms in total. The first-order valence-corrected chi connectivity index (χ1v) is 9.83. The summed E-state index contributed by atoms with van der Waals surface area (Å²) in [5.74, 6) is 0.612. The first kappa shape index (κ1) is 20.5. The molecule has 0 bridgehead atoms. The highest BCUT2D eigenvalue weighted by molar-refractivity contribution is 5.89. The summed E-state index contributed by atoms with van der Waals surface area (Å²) in [6.45, 7) is 3.26. The molecule has 2 heterocycles. The summed E-state index contributed by atoms with van der Waals surface area (Å²) in [5, 5.41) is 8.53. The van der Waals surface area contributed by atoms with Crippen molar-refractivity contribution in [2.45, 2.75) is 20.0 Å². The normalized spacial score (nSPS) is 11.1. The van der Waals surface area contributed by atoms with Crippen molar-refractivity contribution >= 4 is 5.97 Å². The van der Waals surface area contributed by atoms with Gasteiger partial charge >= 0.3 is 5.97 Å². The number of ether oxygens (including phenoxy) is 1. The van der Waals surface area contributed by atoms with Crippen molar-refractivity contribution in [3.63, 3.8) is 0 Å². The summed E-state index contributed by atoms with van der Waals surface area (Å²) in [6, 6.07) is 15.0. The number of nitrogens with zero attached hydrogens (tertiary/aromatic N) is 5. The van der Waals surface area contributed by atoms with Gasteiger partial charge in [-0.05, 0) is 37.7 Å². The smallest absolute Gasteiger partial charge is 0.337 e. The Morgan fingerprint density at radius 2 is 1.90 bits per heavy atom. The van der Waals surface area contributed by atoms with Crippen LogP contribution in [0.25, 0.3) is 17.1 Å². The Bertz CT molecular complexity index is 1180. The van der Waals surface area contributed by atoms with E-state index in [4.69, 9.17) is 9.26 Å². The fraction of sp³-hybridized carbons (Fsp3) is 0.217. The largest absolute Gasteiger partial charge is 0.465 e. The minimum atomic E-state index is -0.382. The first-order valence-electron chi connectivity index (χ1n) is 9.83. The second-order valence-corrected chi connectivity index (χ2v) is 7.33. The maximum Gasteiger partial charge on any atom is 0.337 e. The van der Waals surface area contributed by atoms with E-state index in [1.54, 1.807) is 24.3 Å². The molecule has 4 rings (SSSR count). The van der Waals surface area contributed by atoms with E-state index in [0.717, 1.165) is 16.8 Å². The number of aryl methyl sites for hydroxylation is 1. The molecule has 0 fully saturated rings. The second-order valence-electron chi connectivity index (χ2n) is 7.33. The zero-order valence-corrected chi connectivity index (χ0v) is 17.6. The molecule has 8 heteroatoms. The molecule has 0 N–H and O–H groups in total. The maximum absolute atomic E-state index is 11.6. The quantitative estimate of drug-likeness (QED) is 0.424. The van der Waals surface area contributed by atoms with Crippen LogP contribution < -0.4 is 0 Å². The van der Waals surface area contributed by atoms with Crippen LogP contribution in [0.4, 0.5) is 0 Å². The summed E-state index contributed by atoms with van der Waals surface area (Å²) < 4.78 is 12.0. The summed E-state index contributed by atoms with van der Waals surface area (Å²) >= 11 is 0. The Balaban J connectivity index is 1.39. The molecule has 0 radical (unpaired) electrons. The van der Waals surface area contributed by atoms with Gasteiger partial charge in [0.1, 0.15) is 0 Å². The van der Waals surface area contributed by atoms with Crippen LogP contribution >= 0.6 is 0 Å². The summed E-state index contributed by atoms with van der Waals surface area (Å²) in [7, 11) is 3.34. The maximum atomic E-state index is 11.6. The van der Waals surface area contributed by atoms with Gasteiger partial charge in [-0.3, -0.25) is 4.90 Å². The third-order valence-corrected chi connectivity index (χ3v) is 4.89. The van der Waals surface area contributed by atoms with Crippen LogP contribution in [0.15, 0.2) is 65.4 Å².